The molecule has 2 aromatic rings. The van der Waals surface area contributed by atoms with Crippen molar-refractivity contribution in [2.75, 3.05) is 0 Å². The number of nitrogens with zero attached hydrogens (tertiary/aromatic N) is 3. The second-order valence-corrected chi connectivity index (χ2v) is 5.51. The van der Waals surface area contributed by atoms with Gasteiger partial charge in [0, 0.05) is 12.6 Å². The summed E-state index contributed by atoms with van der Waals surface area (Å²) in [6.45, 7) is 0.431. The number of benzene rings is 1. The fourth-order valence-electron chi connectivity index (χ4n) is 1.96. The molecule has 2 rings (SSSR count). The third-order valence-electron chi connectivity index (χ3n) is 3.02. The lowest BCUT2D eigenvalue weighted by Gasteiger charge is -2.04. The van der Waals surface area contributed by atoms with Crippen molar-refractivity contribution in [3.63, 3.8) is 0 Å². The number of rotatable bonds is 7. The molecule has 5 nitrogen and oxygen atoms in total. The Labute approximate surface area is 129 Å². The number of aromatic nitrogens is 3. The van der Waals surface area contributed by atoms with Crippen LogP contribution in [0, 0.1) is 5.82 Å². The Morgan fingerprint density at radius 3 is 2.95 bits per heavy atom. The van der Waals surface area contributed by atoms with Gasteiger partial charge in [0.05, 0.1) is 16.7 Å². The number of carbonyl (C=O) groups is 1. The van der Waals surface area contributed by atoms with Crippen molar-refractivity contribution in [1.29, 1.82) is 0 Å². The average Bonchev–Trinajstić information content (AvgIpc) is 2.87. The summed E-state index contributed by atoms with van der Waals surface area (Å²) in [6, 6.07) is 4.86. The van der Waals surface area contributed by atoms with Crippen molar-refractivity contribution in [3.8, 4) is 0 Å². The van der Waals surface area contributed by atoms with Gasteiger partial charge in [-0.3, -0.25) is 4.79 Å². The number of aryl methyl sites for hydroxylation is 1. The first kappa shape index (κ1) is 15.6. The SMILES string of the molecule is O=C(O)CCCCc1cn(Cc2cccc(F)c2Br)nn1. The fourth-order valence-corrected chi connectivity index (χ4v) is 2.35. The molecule has 0 radical (unpaired) electrons. The van der Waals surface area contributed by atoms with E-state index in [1.54, 1.807) is 16.9 Å². The number of halogens is 2. The van der Waals surface area contributed by atoms with Gasteiger partial charge < -0.3 is 5.11 Å². The molecule has 0 saturated carbocycles. The largest absolute Gasteiger partial charge is 0.481 e. The van der Waals surface area contributed by atoms with Gasteiger partial charge in [-0.15, -0.1) is 5.10 Å². The lowest BCUT2D eigenvalue weighted by Crippen LogP contribution is -2.02. The highest BCUT2D eigenvalue weighted by Gasteiger charge is 2.07. The van der Waals surface area contributed by atoms with Crippen LogP contribution in [0.2, 0.25) is 0 Å². The monoisotopic (exact) mass is 355 g/mol. The Morgan fingerprint density at radius 1 is 1.38 bits per heavy atom. The Morgan fingerprint density at radius 2 is 2.19 bits per heavy atom. The van der Waals surface area contributed by atoms with Crippen LogP contribution in [0.1, 0.15) is 30.5 Å². The first-order chi connectivity index (χ1) is 10.1. The Hall–Kier alpha value is -1.76. The Kier molecular flexibility index (Phi) is 5.44. The quantitative estimate of drug-likeness (QED) is 0.775. The van der Waals surface area contributed by atoms with E-state index in [2.05, 4.69) is 26.2 Å². The molecule has 0 aliphatic carbocycles. The molecule has 0 saturated heterocycles. The summed E-state index contributed by atoms with van der Waals surface area (Å²) in [5, 5.41) is 16.6. The van der Waals surface area contributed by atoms with E-state index in [1.807, 2.05) is 6.07 Å². The van der Waals surface area contributed by atoms with Crippen LogP contribution in [0.15, 0.2) is 28.9 Å². The molecular formula is C14H15BrFN3O2. The highest BCUT2D eigenvalue weighted by Crippen LogP contribution is 2.21. The molecule has 21 heavy (non-hydrogen) atoms. The van der Waals surface area contributed by atoms with E-state index < -0.39 is 5.97 Å². The number of hydrogen-bond acceptors (Lipinski definition) is 3. The molecule has 0 unspecified atom stereocenters. The van der Waals surface area contributed by atoms with Crippen LogP contribution in [0.4, 0.5) is 4.39 Å². The zero-order valence-corrected chi connectivity index (χ0v) is 12.9. The summed E-state index contributed by atoms with van der Waals surface area (Å²) in [5.74, 6) is -1.09. The smallest absolute Gasteiger partial charge is 0.303 e. The third-order valence-corrected chi connectivity index (χ3v) is 3.91. The normalized spacial score (nSPS) is 10.8. The standard InChI is InChI=1S/C14H15BrFN3O2/c15-14-10(4-3-6-12(14)16)8-19-9-11(17-18-19)5-1-2-7-13(20)21/h3-4,6,9H,1-2,5,7-8H2,(H,20,21). The number of carboxylic acid groups (broad SMARTS) is 1. The number of hydrogen-bond donors (Lipinski definition) is 1. The van der Waals surface area contributed by atoms with E-state index in [0.29, 0.717) is 23.9 Å². The highest BCUT2D eigenvalue weighted by atomic mass is 79.9. The van der Waals surface area contributed by atoms with Crippen LogP contribution >= 0.6 is 15.9 Å². The molecule has 1 heterocycles. The fraction of sp³-hybridized carbons (Fsp3) is 0.357. The van der Waals surface area contributed by atoms with Gasteiger partial charge in [0.2, 0.25) is 0 Å². The summed E-state index contributed by atoms with van der Waals surface area (Å²) in [5.41, 5.74) is 1.60. The molecular weight excluding hydrogens is 341 g/mol. The van der Waals surface area contributed by atoms with E-state index >= 15 is 0 Å². The molecule has 0 atom stereocenters. The predicted molar refractivity (Wildman–Crippen MR) is 78.4 cm³/mol. The van der Waals surface area contributed by atoms with Gasteiger partial charge in [0.25, 0.3) is 0 Å². The number of unbranched alkanes of at least 4 members (excludes halogenated alkanes) is 1. The van der Waals surface area contributed by atoms with Crippen molar-refractivity contribution >= 4 is 21.9 Å². The van der Waals surface area contributed by atoms with Crippen molar-refractivity contribution in [2.24, 2.45) is 0 Å². The average molecular weight is 356 g/mol. The van der Waals surface area contributed by atoms with E-state index in [1.165, 1.54) is 6.07 Å². The second kappa shape index (κ2) is 7.31. The molecule has 0 spiro atoms. The predicted octanol–water partition coefficient (Wildman–Crippen LogP) is 3.03. The maximum atomic E-state index is 13.4. The van der Waals surface area contributed by atoms with Crippen LogP contribution < -0.4 is 0 Å². The maximum Gasteiger partial charge on any atom is 0.303 e. The number of carboxylic acids is 1. The van der Waals surface area contributed by atoms with Crippen molar-refractivity contribution in [3.05, 3.63) is 45.9 Å². The minimum atomic E-state index is -0.783. The molecule has 1 aromatic heterocycles. The van der Waals surface area contributed by atoms with Crippen molar-refractivity contribution in [1.82, 2.24) is 15.0 Å². The molecule has 0 bridgehead atoms. The van der Waals surface area contributed by atoms with Crippen LogP contribution in [0.25, 0.3) is 0 Å². The molecule has 0 aliphatic rings. The van der Waals surface area contributed by atoms with Gasteiger partial charge in [-0.05, 0) is 46.8 Å². The van der Waals surface area contributed by atoms with Crippen LogP contribution in [0.3, 0.4) is 0 Å². The topological polar surface area (TPSA) is 68.0 Å². The molecule has 1 aromatic carbocycles. The van der Waals surface area contributed by atoms with Crippen molar-refractivity contribution in [2.45, 2.75) is 32.2 Å². The minimum absolute atomic E-state index is 0.171. The summed E-state index contributed by atoms with van der Waals surface area (Å²) in [4.78, 5) is 10.4. The summed E-state index contributed by atoms with van der Waals surface area (Å²) < 4.78 is 15.5. The molecule has 1 N–H and O–H groups in total. The highest BCUT2D eigenvalue weighted by molar-refractivity contribution is 9.10. The van der Waals surface area contributed by atoms with Gasteiger partial charge in [-0.25, -0.2) is 9.07 Å². The van der Waals surface area contributed by atoms with Crippen LogP contribution in [-0.4, -0.2) is 26.1 Å². The summed E-state index contributed by atoms with van der Waals surface area (Å²) in [7, 11) is 0. The first-order valence-electron chi connectivity index (χ1n) is 6.60. The zero-order valence-electron chi connectivity index (χ0n) is 11.3. The Bertz CT molecular complexity index is 630. The Balaban J connectivity index is 1.91. The number of aliphatic carboxylic acids is 1. The van der Waals surface area contributed by atoms with Gasteiger partial charge >= 0.3 is 5.97 Å². The van der Waals surface area contributed by atoms with Gasteiger partial charge in [-0.2, -0.15) is 0 Å². The molecule has 0 fully saturated rings. The maximum absolute atomic E-state index is 13.4. The van der Waals surface area contributed by atoms with E-state index in [4.69, 9.17) is 5.11 Å². The first-order valence-corrected chi connectivity index (χ1v) is 7.39. The van der Waals surface area contributed by atoms with Gasteiger partial charge in [-0.1, -0.05) is 17.3 Å². The lowest BCUT2D eigenvalue weighted by molar-refractivity contribution is -0.137. The zero-order chi connectivity index (χ0) is 15.2. The molecule has 0 amide bonds. The minimum Gasteiger partial charge on any atom is -0.481 e. The van der Waals surface area contributed by atoms with E-state index in [9.17, 15) is 9.18 Å². The van der Waals surface area contributed by atoms with Crippen molar-refractivity contribution < 1.29 is 14.3 Å². The summed E-state index contributed by atoms with van der Waals surface area (Å²) >= 11 is 3.22. The van der Waals surface area contributed by atoms with Gasteiger partial charge in [0.15, 0.2) is 0 Å². The van der Waals surface area contributed by atoms with Gasteiger partial charge in [0.1, 0.15) is 5.82 Å². The molecule has 112 valence electrons. The third kappa shape index (κ3) is 4.63. The summed E-state index contributed by atoms with van der Waals surface area (Å²) in [6.07, 6.45) is 4.05. The molecule has 7 heteroatoms. The van der Waals surface area contributed by atoms with Crippen LogP contribution in [-0.2, 0) is 17.8 Å². The lowest BCUT2D eigenvalue weighted by atomic mass is 10.1. The molecule has 0 aliphatic heterocycles. The van der Waals surface area contributed by atoms with Crippen LogP contribution in [0.5, 0.6) is 0 Å². The second-order valence-electron chi connectivity index (χ2n) is 4.72. The van der Waals surface area contributed by atoms with E-state index in [-0.39, 0.29) is 12.2 Å². The van der Waals surface area contributed by atoms with E-state index in [0.717, 1.165) is 17.7 Å².